The lowest BCUT2D eigenvalue weighted by molar-refractivity contribution is -0.116. The Morgan fingerprint density at radius 3 is 2.42 bits per heavy atom. The number of primary amides is 1. The van der Waals surface area contributed by atoms with Crippen molar-refractivity contribution in [2.24, 2.45) is 5.73 Å². The van der Waals surface area contributed by atoms with Crippen molar-refractivity contribution < 1.29 is 4.79 Å². The van der Waals surface area contributed by atoms with Crippen molar-refractivity contribution in [2.45, 2.75) is 46.1 Å². The van der Waals surface area contributed by atoms with E-state index in [2.05, 4.69) is 9.97 Å². The van der Waals surface area contributed by atoms with Gasteiger partial charge in [0.2, 0.25) is 5.91 Å². The smallest absolute Gasteiger partial charge is 0.237 e. The van der Waals surface area contributed by atoms with Gasteiger partial charge in [-0.25, -0.2) is 9.97 Å². The molecule has 0 unspecified atom stereocenters. The topological polar surface area (TPSA) is 72.1 Å². The van der Waals surface area contributed by atoms with E-state index >= 15 is 0 Å². The molecule has 0 aliphatic rings. The highest BCUT2D eigenvalue weighted by Gasteiger charge is 2.22. The fourth-order valence-corrected chi connectivity index (χ4v) is 1.76. The Kier molecular flexibility index (Phi) is 4.74. The van der Waals surface area contributed by atoms with Crippen LogP contribution in [0.5, 0.6) is 0 Å². The van der Waals surface area contributed by atoms with Crippen LogP contribution in [0.1, 0.15) is 40.4 Å². The van der Waals surface area contributed by atoms with Crippen LogP contribution in [0, 0.1) is 0 Å². The minimum Gasteiger partial charge on any atom is -0.368 e. The molecule has 2 N–H and O–H groups in total. The van der Waals surface area contributed by atoms with Crippen LogP contribution < -0.4 is 10.6 Å². The molecular weight excluding hydrogens is 264 g/mol. The van der Waals surface area contributed by atoms with Crippen LogP contribution >= 0.6 is 11.6 Å². The number of hydrogen-bond acceptors (Lipinski definition) is 4. The lowest BCUT2D eigenvalue weighted by atomic mass is 9.96. The van der Waals surface area contributed by atoms with Crippen LogP contribution in [0.3, 0.4) is 0 Å². The number of rotatable bonds is 4. The summed E-state index contributed by atoms with van der Waals surface area (Å²) in [6, 6.07) is 1.74. The normalized spacial score (nSPS) is 11.7. The van der Waals surface area contributed by atoms with Crippen molar-refractivity contribution in [3.05, 3.63) is 17.0 Å². The molecule has 0 radical (unpaired) electrons. The Bertz CT molecular complexity index is 468. The van der Waals surface area contributed by atoms with Gasteiger partial charge in [-0.2, -0.15) is 0 Å². The second-order valence-corrected chi connectivity index (χ2v) is 6.20. The molecule has 1 aromatic rings. The monoisotopic (exact) mass is 284 g/mol. The fraction of sp³-hybridized carbons (Fsp3) is 0.615. The van der Waals surface area contributed by atoms with Crippen LogP contribution in [0.4, 0.5) is 5.82 Å². The molecule has 6 heteroatoms. The van der Waals surface area contributed by atoms with Gasteiger partial charge in [0.1, 0.15) is 16.8 Å². The Labute approximate surface area is 119 Å². The number of halogens is 1. The van der Waals surface area contributed by atoms with E-state index in [1.807, 2.05) is 39.5 Å². The van der Waals surface area contributed by atoms with E-state index in [4.69, 9.17) is 17.3 Å². The van der Waals surface area contributed by atoms with E-state index in [-0.39, 0.29) is 18.0 Å². The molecule has 0 spiro atoms. The summed E-state index contributed by atoms with van der Waals surface area (Å²) in [6.07, 6.45) is 0. The van der Waals surface area contributed by atoms with Crippen molar-refractivity contribution in [1.29, 1.82) is 0 Å². The Hall–Kier alpha value is -1.36. The van der Waals surface area contributed by atoms with Gasteiger partial charge in [0.15, 0.2) is 0 Å². The highest BCUT2D eigenvalue weighted by Crippen LogP contribution is 2.24. The third-order valence-corrected chi connectivity index (χ3v) is 2.79. The number of anilines is 1. The van der Waals surface area contributed by atoms with Crippen LogP contribution in [0.15, 0.2) is 6.07 Å². The van der Waals surface area contributed by atoms with E-state index < -0.39 is 5.91 Å². The highest BCUT2D eigenvalue weighted by atomic mass is 35.5. The lowest BCUT2D eigenvalue weighted by Crippen LogP contribution is -2.39. The molecule has 5 nitrogen and oxygen atoms in total. The summed E-state index contributed by atoms with van der Waals surface area (Å²) in [4.78, 5) is 21.7. The zero-order chi connectivity index (χ0) is 14.8. The third kappa shape index (κ3) is 4.35. The van der Waals surface area contributed by atoms with E-state index in [0.29, 0.717) is 16.8 Å². The number of hydrogen-bond donors (Lipinski definition) is 1. The Morgan fingerprint density at radius 1 is 1.42 bits per heavy atom. The molecule has 0 atom stereocenters. The summed E-state index contributed by atoms with van der Waals surface area (Å²) >= 11 is 6.05. The first-order chi connectivity index (χ1) is 8.61. The Balaban J connectivity index is 3.24. The number of nitrogens with two attached hydrogens (primary N) is 1. The van der Waals surface area contributed by atoms with Crippen molar-refractivity contribution >= 4 is 23.3 Å². The van der Waals surface area contributed by atoms with E-state index in [9.17, 15) is 4.79 Å². The predicted octanol–water partition coefficient (Wildman–Crippen LogP) is 2.13. The second kappa shape index (κ2) is 5.74. The molecular formula is C13H21ClN4O. The van der Waals surface area contributed by atoms with Gasteiger partial charge >= 0.3 is 0 Å². The van der Waals surface area contributed by atoms with Gasteiger partial charge in [-0.15, -0.1) is 0 Å². The lowest BCUT2D eigenvalue weighted by Gasteiger charge is -2.28. The average Bonchev–Trinajstić information content (AvgIpc) is 2.23. The van der Waals surface area contributed by atoms with Gasteiger partial charge in [0.05, 0.1) is 6.54 Å². The summed E-state index contributed by atoms with van der Waals surface area (Å²) in [5, 5.41) is 0.366. The molecule has 0 bridgehead atoms. The fourth-order valence-electron chi connectivity index (χ4n) is 1.58. The van der Waals surface area contributed by atoms with Gasteiger partial charge in [-0.3, -0.25) is 4.79 Å². The molecule has 1 aromatic heterocycles. The maximum absolute atomic E-state index is 11.2. The van der Waals surface area contributed by atoms with Crippen LogP contribution in [0.2, 0.25) is 5.15 Å². The maximum Gasteiger partial charge on any atom is 0.237 e. The predicted molar refractivity (Wildman–Crippen MR) is 77.4 cm³/mol. The van der Waals surface area contributed by atoms with Crippen molar-refractivity contribution in [2.75, 3.05) is 11.4 Å². The highest BCUT2D eigenvalue weighted by molar-refractivity contribution is 6.29. The van der Waals surface area contributed by atoms with Crippen molar-refractivity contribution in [1.82, 2.24) is 9.97 Å². The number of aromatic nitrogens is 2. The first-order valence-electron chi connectivity index (χ1n) is 6.21. The summed E-state index contributed by atoms with van der Waals surface area (Å²) < 4.78 is 0. The summed E-state index contributed by atoms with van der Waals surface area (Å²) in [6.45, 7) is 10.1. The number of amides is 1. The molecule has 0 aliphatic heterocycles. The SMILES string of the molecule is CC(C)N(CC(N)=O)c1cc(Cl)nc(C(C)(C)C)n1. The molecule has 19 heavy (non-hydrogen) atoms. The quantitative estimate of drug-likeness (QED) is 0.860. The minimum absolute atomic E-state index is 0.0892. The van der Waals surface area contributed by atoms with Gasteiger partial charge in [0, 0.05) is 17.5 Å². The summed E-state index contributed by atoms with van der Waals surface area (Å²) in [5.74, 6) is 0.865. The standard InChI is InChI=1S/C13H21ClN4O/c1-8(2)18(7-10(15)19)11-6-9(14)16-12(17-11)13(3,4)5/h6,8H,7H2,1-5H3,(H2,15,19). The largest absolute Gasteiger partial charge is 0.368 e. The molecule has 1 rings (SSSR count). The van der Waals surface area contributed by atoms with Crippen LogP contribution in [-0.2, 0) is 10.2 Å². The zero-order valence-corrected chi connectivity index (χ0v) is 12.8. The van der Waals surface area contributed by atoms with E-state index in [1.54, 1.807) is 6.07 Å². The van der Waals surface area contributed by atoms with Crippen LogP contribution in [-0.4, -0.2) is 28.5 Å². The molecule has 106 valence electrons. The second-order valence-electron chi connectivity index (χ2n) is 5.81. The molecule has 1 amide bonds. The third-order valence-electron chi connectivity index (χ3n) is 2.60. The van der Waals surface area contributed by atoms with E-state index in [1.165, 1.54) is 0 Å². The molecule has 0 aliphatic carbocycles. The van der Waals surface area contributed by atoms with Crippen LogP contribution in [0.25, 0.3) is 0 Å². The van der Waals surface area contributed by atoms with Gasteiger partial charge < -0.3 is 10.6 Å². The molecule has 0 saturated carbocycles. The number of carbonyl (C=O) groups is 1. The van der Waals surface area contributed by atoms with Gasteiger partial charge in [-0.05, 0) is 13.8 Å². The summed E-state index contributed by atoms with van der Waals surface area (Å²) in [5.41, 5.74) is 5.06. The van der Waals surface area contributed by atoms with Gasteiger partial charge in [-0.1, -0.05) is 32.4 Å². The maximum atomic E-state index is 11.2. The van der Waals surface area contributed by atoms with Crippen molar-refractivity contribution in [3.63, 3.8) is 0 Å². The zero-order valence-electron chi connectivity index (χ0n) is 12.1. The first kappa shape index (κ1) is 15.7. The van der Waals surface area contributed by atoms with Crippen molar-refractivity contribution in [3.8, 4) is 0 Å². The Morgan fingerprint density at radius 2 is 2.00 bits per heavy atom. The minimum atomic E-state index is -0.402. The number of nitrogens with zero attached hydrogens (tertiary/aromatic N) is 3. The van der Waals surface area contributed by atoms with E-state index in [0.717, 1.165) is 0 Å². The molecule has 0 saturated heterocycles. The first-order valence-corrected chi connectivity index (χ1v) is 6.59. The molecule has 0 fully saturated rings. The summed E-state index contributed by atoms with van der Waals surface area (Å²) in [7, 11) is 0. The molecule has 1 heterocycles. The molecule has 0 aromatic carbocycles. The average molecular weight is 285 g/mol. The van der Waals surface area contributed by atoms with Gasteiger partial charge in [0.25, 0.3) is 0 Å². The number of carbonyl (C=O) groups excluding carboxylic acids is 1.